The maximum atomic E-state index is 11.7. The summed E-state index contributed by atoms with van der Waals surface area (Å²) in [6.07, 6.45) is 6.34. The lowest BCUT2D eigenvalue weighted by Gasteiger charge is -2.22. The van der Waals surface area contributed by atoms with E-state index in [2.05, 4.69) is 15.6 Å². The van der Waals surface area contributed by atoms with Crippen LogP contribution in [-0.2, 0) is 16.1 Å². The molecule has 1 unspecified atom stereocenters. The van der Waals surface area contributed by atoms with E-state index in [1.807, 2.05) is 10.8 Å². The van der Waals surface area contributed by atoms with Gasteiger partial charge in [-0.3, -0.25) is 4.79 Å². The smallest absolute Gasteiger partial charge is 0.239 e. The Labute approximate surface area is 100 Å². The molecule has 1 aromatic rings. The molecule has 0 aromatic carbocycles. The first-order valence-electron chi connectivity index (χ1n) is 5.91. The highest BCUT2D eigenvalue weighted by Crippen LogP contribution is 1.94. The molecule has 1 atom stereocenters. The van der Waals surface area contributed by atoms with Gasteiger partial charge in [0, 0.05) is 32.0 Å². The highest BCUT2D eigenvalue weighted by atomic mass is 16.5. The number of carbonyl (C=O) groups is 1. The van der Waals surface area contributed by atoms with Crippen molar-refractivity contribution in [2.24, 2.45) is 0 Å². The average Bonchev–Trinajstić information content (AvgIpc) is 2.88. The molecule has 0 spiro atoms. The van der Waals surface area contributed by atoms with Gasteiger partial charge >= 0.3 is 0 Å². The molecule has 1 aromatic heterocycles. The topological polar surface area (TPSA) is 68.2 Å². The number of hydrogen-bond acceptors (Lipinski definition) is 4. The highest BCUT2D eigenvalue weighted by molar-refractivity contribution is 5.81. The Morgan fingerprint density at radius 3 is 3.29 bits per heavy atom. The zero-order valence-corrected chi connectivity index (χ0v) is 9.76. The fraction of sp³-hybridized carbons (Fsp3) is 0.636. The van der Waals surface area contributed by atoms with Crippen LogP contribution < -0.4 is 10.6 Å². The molecule has 2 rings (SSSR count). The number of aromatic nitrogens is 2. The van der Waals surface area contributed by atoms with Crippen LogP contribution in [0.25, 0.3) is 0 Å². The molecule has 0 bridgehead atoms. The summed E-state index contributed by atoms with van der Waals surface area (Å²) >= 11 is 0. The summed E-state index contributed by atoms with van der Waals surface area (Å²) in [7, 11) is 0. The predicted molar refractivity (Wildman–Crippen MR) is 62.5 cm³/mol. The molecule has 1 amide bonds. The van der Waals surface area contributed by atoms with E-state index >= 15 is 0 Å². The quantitative estimate of drug-likeness (QED) is 0.671. The Morgan fingerprint density at radius 1 is 1.65 bits per heavy atom. The minimum absolute atomic E-state index is 0.0235. The molecule has 94 valence electrons. The summed E-state index contributed by atoms with van der Waals surface area (Å²) in [6.45, 7) is 3.44. The largest absolute Gasteiger partial charge is 0.378 e. The third-order valence-electron chi connectivity index (χ3n) is 2.69. The first kappa shape index (κ1) is 12.1. The molecule has 2 heterocycles. The maximum absolute atomic E-state index is 11.7. The van der Waals surface area contributed by atoms with Crippen molar-refractivity contribution in [2.75, 3.05) is 26.3 Å². The van der Waals surface area contributed by atoms with Crippen molar-refractivity contribution in [3.63, 3.8) is 0 Å². The van der Waals surface area contributed by atoms with Crippen molar-refractivity contribution < 1.29 is 9.53 Å². The number of ether oxygens (including phenoxy) is 1. The van der Waals surface area contributed by atoms with Gasteiger partial charge in [-0.05, 0) is 6.42 Å². The first-order valence-corrected chi connectivity index (χ1v) is 5.91. The third-order valence-corrected chi connectivity index (χ3v) is 2.69. The van der Waals surface area contributed by atoms with Gasteiger partial charge in [0.25, 0.3) is 0 Å². The second kappa shape index (κ2) is 6.36. The second-order valence-electron chi connectivity index (χ2n) is 4.03. The van der Waals surface area contributed by atoms with Crippen molar-refractivity contribution in [1.29, 1.82) is 0 Å². The second-order valence-corrected chi connectivity index (χ2v) is 4.03. The average molecular weight is 238 g/mol. The van der Waals surface area contributed by atoms with Gasteiger partial charge in [-0.1, -0.05) is 0 Å². The molecule has 0 saturated carbocycles. The Kier molecular flexibility index (Phi) is 4.52. The van der Waals surface area contributed by atoms with Crippen LogP contribution in [0.15, 0.2) is 18.7 Å². The summed E-state index contributed by atoms with van der Waals surface area (Å²) in [5, 5.41) is 6.02. The van der Waals surface area contributed by atoms with Crippen molar-refractivity contribution >= 4 is 5.91 Å². The van der Waals surface area contributed by atoms with Crippen molar-refractivity contribution in [3.8, 4) is 0 Å². The standard InChI is InChI=1S/C11H18N4O2/c16-11(10-8-17-7-4-13-10)14-2-1-5-15-6-3-12-9-15/h3,6,9-10,13H,1-2,4-5,7-8H2,(H,14,16). The summed E-state index contributed by atoms with van der Waals surface area (Å²) in [5.74, 6) is 0.0235. The molecule has 1 fully saturated rings. The Hall–Kier alpha value is -1.40. The Bertz CT molecular complexity index is 333. The first-order chi connectivity index (χ1) is 8.36. The highest BCUT2D eigenvalue weighted by Gasteiger charge is 2.20. The molecule has 2 N–H and O–H groups in total. The van der Waals surface area contributed by atoms with Crippen LogP contribution in [0.3, 0.4) is 0 Å². The van der Waals surface area contributed by atoms with Gasteiger partial charge in [0.1, 0.15) is 6.04 Å². The summed E-state index contributed by atoms with van der Waals surface area (Å²) in [4.78, 5) is 15.6. The van der Waals surface area contributed by atoms with Crippen LogP contribution in [0.4, 0.5) is 0 Å². The van der Waals surface area contributed by atoms with Crippen LogP contribution in [0.1, 0.15) is 6.42 Å². The molecule has 0 radical (unpaired) electrons. The molecule has 1 saturated heterocycles. The number of amides is 1. The monoisotopic (exact) mass is 238 g/mol. The molecule has 1 aliphatic rings. The van der Waals surface area contributed by atoms with Crippen LogP contribution in [-0.4, -0.2) is 47.8 Å². The Balaban J connectivity index is 1.59. The van der Waals surface area contributed by atoms with Gasteiger partial charge in [0.05, 0.1) is 19.5 Å². The molecule has 17 heavy (non-hydrogen) atoms. The van der Waals surface area contributed by atoms with E-state index in [-0.39, 0.29) is 11.9 Å². The van der Waals surface area contributed by atoms with Gasteiger partial charge in [0.2, 0.25) is 5.91 Å². The summed E-state index contributed by atoms with van der Waals surface area (Å²) < 4.78 is 7.23. The molecular weight excluding hydrogens is 220 g/mol. The number of imidazole rings is 1. The van der Waals surface area contributed by atoms with E-state index in [1.54, 1.807) is 12.5 Å². The van der Waals surface area contributed by atoms with Crippen LogP contribution >= 0.6 is 0 Å². The lowest BCUT2D eigenvalue weighted by molar-refractivity contribution is -0.125. The molecule has 0 aliphatic carbocycles. The SMILES string of the molecule is O=C(NCCCn1ccnc1)C1COCCN1. The van der Waals surface area contributed by atoms with Crippen molar-refractivity contribution in [2.45, 2.75) is 19.0 Å². The van der Waals surface area contributed by atoms with E-state index in [1.165, 1.54) is 0 Å². The minimum atomic E-state index is -0.197. The van der Waals surface area contributed by atoms with Gasteiger partial charge in [-0.15, -0.1) is 0 Å². The van der Waals surface area contributed by atoms with Crippen LogP contribution in [0.5, 0.6) is 0 Å². The lowest BCUT2D eigenvalue weighted by atomic mass is 10.2. The third kappa shape index (κ3) is 3.83. The van der Waals surface area contributed by atoms with Gasteiger partial charge in [-0.2, -0.15) is 0 Å². The van der Waals surface area contributed by atoms with Crippen molar-refractivity contribution in [1.82, 2.24) is 20.2 Å². The normalized spacial score (nSPS) is 20.1. The van der Waals surface area contributed by atoms with E-state index in [0.29, 0.717) is 19.8 Å². The van der Waals surface area contributed by atoms with Gasteiger partial charge in [-0.25, -0.2) is 4.98 Å². The number of rotatable bonds is 5. The maximum Gasteiger partial charge on any atom is 0.239 e. The van der Waals surface area contributed by atoms with Gasteiger partial charge in [0.15, 0.2) is 0 Å². The summed E-state index contributed by atoms with van der Waals surface area (Å²) in [5.41, 5.74) is 0. The van der Waals surface area contributed by atoms with Crippen LogP contribution in [0, 0.1) is 0 Å². The van der Waals surface area contributed by atoms with E-state index < -0.39 is 0 Å². The van der Waals surface area contributed by atoms with E-state index in [9.17, 15) is 4.79 Å². The number of hydrogen-bond donors (Lipinski definition) is 2. The number of morpholine rings is 1. The fourth-order valence-corrected chi connectivity index (χ4v) is 1.75. The number of carbonyl (C=O) groups excluding carboxylic acids is 1. The van der Waals surface area contributed by atoms with Gasteiger partial charge < -0.3 is 19.9 Å². The molecule has 6 nitrogen and oxygen atoms in total. The summed E-state index contributed by atoms with van der Waals surface area (Å²) in [6, 6.07) is -0.197. The number of aryl methyl sites for hydroxylation is 1. The molecule has 6 heteroatoms. The van der Waals surface area contributed by atoms with E-state index in [4.69, 9.17) is 4.74 Å². The Morgan fingerprint density at radius 2 is 2.59 bits per heavy atom. The van der Waals surface area contributed by atoms with E-state index in [0.717, 1.165) is 19.5 Å². The zero-order valence-electron chi connectivity index (χ0n) is 9.76. The number of nitrogens with zero attached hydrogens (tertiary/aromatic N) is 2. The number of nitrogens with one attached hydrogen (secondary N) is 2. The van der Waals surface area contributed by atoms with Crippen molar-refractivity contribution in [3.05, 3.63) is 18.7 Å². The molecular formula is C11H18N4O2. The fourth-order valence-electron chi connectivity index (χ4n) is 1.75. The zero-order chi connectivity index (χ0) is 11.9. The lowest BCUT2D eigenvalue weighted by Crippen LogP contribution is -2.51. The minimum Gasteiger partial charge on any atom is -0.378 e. The predicted octanol–water partition coefficient (Wildman–Crippen LogP) is -0.622. The van der Waals surface area contributed by atoms with Crippen LogP contribution in [0.2, 0.25) is 0 Å². The molecule has 1 aliphatic heterocycles.